The molecule has 2 rings (SSSR count). The first kappa shape index (κ1) is 17.9. The Labute approximate surface area is 144 Å². The minimum absolute atomic E-state index is 0.0384. The van der Waals surface area contributed by atoms with E-state index in [9.17, 15) is 9.59 Å². The third-order valence-electron chi connectivity index (χ3n) is 4.27. The minimum Gasteiger partial charge on any atom is -0.326 e. The summed E-state index contributed by atoms with van der Waals surface area (Å²) < 4.78 is 0. The molecule has 0 bridgehead atoms. The molecule has 0 saturated carbocycles. The Bertz CT molecular complexity index is 677. The van der Waals surface area contributed by atoms with Crippen LogP contribution in [0.5, 0.6) is 0 Å². The van der Waals surface area contributed by atoms with Crippen LogP contribution in [-0.2, 0) is 0 Å². The number of hydrogen-bond acceptors (Lipinski definition) is 2. The van der Waals surface area contributed by atoms with Crippen LogP contribution in [0, 0.1) is 0 Å². The van der Waals surface area contributed by atoms with Crippen molar-refractivity contribution in [3.63, 3.8) is 0 Å². The summed E-state index contributed by atoms with van der Waals surface area (Å²) in [6.07, 6.45) is 1.83. The third kappa shape index (κ3) is 3.91. The number of amides is 1. The molecule has 0 spiro atoms. The van der Waals surface area contributed by atoms with Gasteiger partial charge in [0.2, 0.25) is 0 Å². The highest BCUT2D eigenvalue weighted by atomic mass is 16.2. The number of carbonyl (C=O) groups excluding carboxylic acids is 2. The average molecular weight is 323 g/mol. The molecule has 3 heteroatoms. The number of ketones is 1. The van der Waals surface area contributed by atoms with E-state index >= 15 is 0 Å². The molecular formula is C21H25NO2. The second-order valence-corrected chi connectivity index (χ2v) is 6.43. The molecular weight excluding hydrogens is 298 g/mol. The molecule has 24 heavy (non-hydrogen) atoms. The van der Waals surface area contributed by atoms with Gasteiger partial charge in [0.05, 0.1) is 0 Å². The van der Waals surface area contributed by atoms with Crippen molar-refractivity contribution in [3.8, 4) is 0 Å². The number of hydrogen-bond donors (Lipinski definition) is 0. The van der Waals surface area contributed by atoms with Gasteiger partial charge in [0.1, 0.15) is 5.54 Å². The summed E-state index contributed by atoms with van der Waals surface area (Å²) in [4.78, 5) is 27.7. The van der Waals surface area contributed by atoms with Gasteiger partial charge in [-0.3, -0.25) is 9.59 Å². The highest BCUT2D eigenvalue weighted by Gasteiger charge is 2.38. The zero-order valence-electron chi connectivity index (χ0n) is 14.7. The Morgan fingerprint density at radius 1 is 0.875 bits per heavy atom. The lowest BCUT2D eigenvalue weighted by Crippen LogP contribution is -2.53. The van der Waals surface area contributed by atoms with Gasteiger partial charge in [0.15, 0.2) is 5.78 Å². The van der Waals surface area contributed by atoms with E-state index in [1.165, 1.54) is 0 Å². The van der Waals surface area contributed by atoms with Crippen LogP contribution in [0.4, 0.5) is 0 Å². The molecule has 0 saturated heterocycles. The lowest BCUT2D eigenvalue weighted by atomic mass is 9.90. The predicted octanol–water partition coefficient (Wildman–Crippen LogP) is 4.59. The summed E-state index contributed by atoms with van der Waals surface area (Å²) in [6.45, 7) is 6.31. The van der Waals surface area contributed by atoms with Crippen molar-refractivity contribution in [2.75, 3.05) is 6.54 Å². The molecule has 0 aromatic heterocycles. The molecule has 0 unspecified atom stereocenters. The number of nitrogens with zero attached hydrogens (tertiary/aromatic N) is 1. The van der Waals surface area contributed by atoms with Gasteiger partial charge >= 0.3 is 0 Å². The van der Waals surface area contributed by atoms with Crippen LogP contribution >= 0.6 is 0 Å². The SMILES string of the molecule is CCCCN(C(=O)c1ccccc1)C(C)(C)C(=O)c1ccccc1. The van der Waals surface area contributed by atoms with Crippen molar-refractivity contribution in [2.24, 2.45) is 0 Å². The first-order valence-electron chi connectivity index (χ1n) is 8.45. The zero-order valence-corrected chi connectivity index (χ0v) is 14.7. The summed E-state index contributed by atoms with van der Waals surface area (Å²) in [5, 5.41) is 0. The molecule has 0 aliphatic carbocycles. The van der Waals surface area contributed by atoms with Crippen LogP contribution in [0.2, 0.25) is 0 Å². The number of Topliss-reactive ketones (excluding diaryl/α,β-unsaturated/α-hetero) is 1. The Morgan fingerprint density at radius 3 is 1.88 bits per heavy atom. The van der Waals surface area contributed by atoms with Crippen LogP contribution < -0.4 is 0 Å². The van der Waals surface area contributed by atoms with Crippen LogP contribution in [-0.4, -0.2) is 28.7 Å². The van der Waals surface area contributed by atoms with Gasteiger partial charge in [-0.1, -0.05) is 61.9 Å². The fourth-order valence-corrected chi connectivity index (χ4v) is 2.75. The van der Waals surface area contributed by atoms with E-state index in [-0.39, 0.29) is 11.7 Å². The Hall–Kier alpha value is -2.42. The molecule has 3 nitrogen and oxygen atoms in total. The van der Waals surface area contributed by atoms with Gasteiger partial charge in [0.25, 0.3) is 5.91 Å². The first-order valence-corrected chi connectivity index (χ1v) is 8.45. The van der Waals surface area contributed by atoms with E-state index in [1.807, 2.05) is 50.2 Å². The Kier molecular flexibility index (Phi) is 5.91. The summed E-state index contributed by atoms with van der Waals surface area (Å²) >= 11 is 0. The topological polar surface area (TPSA) is 37.4 Å². The van der Waals surface area contributed by atoms with Crippen molar-refractivity contribution in [1.29, 1.82) is 0 Å². The summed E-state index contributed by atoms with van der Waals surface area (Å²) in [5.41, 5.74) is 0.344. The smallest absolute Gasteiger partial charge is 0.254 e. The van der Waals surface area contributed by atoms with Crippen LogP contribution in [0.25, 0.3) is 0 Å². The second kappa shape index (κ2) is 7.91. The third-order valence-corrected chi connectivity index (χ3v) is 4.27. The highest BCUT2D eigenvalue weighted by molar-refractivity contribution is 6.06. The van der Waals surface area contributed by atoms with Crippen LogP contribution in [0.1, 0.15) is 54.3 Å². The van der Waals surface area contributed by atoms with E-state index in [1.54, 1.807) is 29.2 Å². The zero-order chi connectivity index (χ0) is 17.6. The maximum absolute atomic E-state index is 13.0. The van der Waals surface area contributed by atoms with Gasteiger partial charge in [-0.15, -0.1) is 0 Å². The normalized spacial score (nSPS) is 11.1. The lowest BCUT2D eigenvalue weighted by Gasteiger charge is -2.37. The predicted molar refractivity (Wildman–Crippen MR) is 97.2 cm³/mol. The van der Waals surface area contributed by atoms with Gasteiger partial charge < -0.3 is 4.90 Å². The molecule has 0 aliphatic rings. The molecule has 2 aromatic rings. The van der Waals surface area contributed by atoms with Crippen molar-refractivity contribution in [3.05, 3.63) is 71.8 Å². The van der Waals surface area contributed by atoms with E-state index < -0.39 is 5.54 Å². The van der Waals surface area contributed by atoms with Gasteiger partial charge in [-0.25, -0.2) is 0 Å². The maximum Gasteiger partial charge on any atom is 0.254 e. The van der Waals surface area contributed by atoms with Crippen LogP contribution in [0.15, 0.2) is 60.7 Å². The highest BCUT2D eigenvalue weighted by Crippen LogP contribution is 2.24. The van der Waals surface area contributed by atoms with E-state index in [0.29, 0.717) is 17.7 Å². The minimum atomic E-state index is -0.899. The summed E-state index contributed by atoms with van der Waals surface area (Å²) in [7, 11) is 0. The van der Waals surface area contributed by atoms with Gasteiger partial charge in [-0.2, -0.15) is 0 Å². The monoisotopic (exact) mass is 323 g/mol. The molecule has 126 valence electrons. The van der Waals surface area contributed by atoms with Crippen LogP contribution in [0.3, 0.4) is 0 Å². The van der Waals surface area contributed by atoms with Crippen molar-refractivity contribution in [2.45, 2.75) is 39.2 Å². The molecule has 0 radical (unpaired) electrons. The number of rotatable bonds is 7. The van der Waals surface area contributed by atoms with E-state index in [2.05, 4.69) is 6.92 Å². The summed E-state index contributed by atoms with van der Waals surface area (Å²) in [5.74, 6) is -0.137. The van der Waals surface area contributed by atoms with Crippen molar-refractivity contribution < 1.29 is 9.59 Å². The molecule has 0 fully saturated rings. The van der Waals surface area contributed by atoms with Crippen molar-refractivity contribution >= 4 is 11.7 Å². The molecule has 1 amide bonds. The Balaban J connectivity index is 2.35. The number of carbonyl (C=O) groups is 2. The lowest BCUT2D eigenvalue weighted by molar-refractivity contribution is 0.0472. The fourth-order valence-electron chi connectivity index (χ4n) is 2.75. The molecule has 0 atom stereocenters. The van der Waals surface area contributed by atoms with E-state index in [0.717, 1.165) is 12.8 Å². The standard InChI is InChI=1S/C21H25NO2/c1-4-5-16-22(20(24)18-14-10-7-11-15-18)21(2,3)19(23)17-12-8-6-9-13-17/h6-15H,4-5,16H2,1-3H3. The number of unbranched alkanes of at least 4 members (excludes halogenated alkanes) is 1. The van der Waals surface area contributed by atoms with E-state index in [4.69, 9.17) is 0 Å². The second-order valence-electron chi connectivity index (χ2n) is 6.43. The fraction of sp³-hybridized carbons (Fsp3) is 0.333. The quantitative estimate of drug-likeness (QED) is 0.699. The molecule has 0 heterocycles. The van der Waals surface area contributed by atoms with Gasteiger partial charge in [0, 0.05) is 17.7 Å². The molecule has 0 aliphatic heterocycles. The largest absolute Gasteiger partial charge is 0.326 e. The first-order chi connectivity index (χ1) is 11.5. The maximum atomic E-state index is 13.0. The average Bonchev–Trinajstić information content (AvgIpc) is 2.62. The Morgan fingerprint density at radius 2 is 1.38 bits per heavy atom. The number of benzene rings is 2. The van der Waals surface area contributed by atoms with Crippen molar-refractivity contribution in [1.82, 2.24) is 4.90 Å². The molecule has 0 N–H and O–H groups in total. The van der Waals surface area contributed by atoms with Gasteiger partial charge in [-0.05, 0) is 32.4 Å². The summed E-state index contributed by atoms with van der Waals surface area (Å²) in [6, 6.07) is 18.3. The molecule has 2 aromatic carbocycles.